The lowest BCUT2D eigenvalue weighted by Gasteiger charge is -2.14. The molecule has 0 saturated heterocycles. The molecule has 0 aliphatic carbocycles. The van der Waals surface area contributed by atoms with Crippen molar-refractivity contribution in [3.05, 3.63) is 65.6 Å². The number of nitrogens with zero attached hydrogens (tertiary/aromatic N) is 1. The monoisotopic (exact) mass is 293 g/mol. The van der Waals surface area contributed by atoms with Gasteiger partial charge in [-0.15, -0.1) is 0 Å². The van der Waals surface area contributed by atoms with Crippen molar-refractivity contribution in [1.29, 1.82) is 0 Å². The molecule has 0 spiro atoms. The molecular formula is C20H20FN. The van der Waals surface area contributed by atoms with Crippen LogP contribution in [0.4, 0.5) is 4.39 Å². The molecule has 22 heavy (non-hydrogen) atoms. The first-order valence-corrected chi connectivity index (χ1v) is 7.77. The van der Waals surface area contributed by atoms with Crippen molar-refractivity contribution in [2.75, 3.05) is 0 Å². The Kier molecular flexibility index (Phi) is 3.93. The molecule has 0 atom stereocenters. The molecule has 0 bridgehead atoms. The first-order valence-electron chi connectivity index (χ1n) is 7.77. The molecule has 0 aliphatic rings. The first kappa shape index (κ1) is 14.7. The second kappa shape index (κ2) is 5.88. The number of hydrogen-bond donors (Lipinski definition) is 0. The highest BCUT2D eigenvalue weighted by molar-refractivity contribution is 5.84. The maximum atomic E-state index is 13.4. The average molecular weight is 293 g/mol. The van der Waals surface area contributed by atoms with Gasteiger partial charge in [0, 0.05) is 5.39 Å². The number of rotatable bonds is 3. The highest BCUT2D eigenvalue weighted by atomic mass is 19.1. The Balaban J connectivity index is 2.10. The normalized spacial score (nSPS) is 11.3. The molecule has 112 valence electrons. The molecule has 0 unspecified atom stereocenters. The van der Waals surface area contributed by atoms with Crippen molar-refractivity contribution in [2.45, 2.75) is 33.1 Å². The van der Waals surface area contributed by atoms with Gasteiger partial charge in [0.15, 0.2) is 0 Å². The third-order valence-corrected chi connectivity index (χ3v) is 4.13. The molecule has 3 rings (SSSR count). The van der Waals surface area contributed by atoms with E-state index in [1.165, 1.54) is 29.0 Å². The Morgan fingerprint density at radius 3 is 2.45 bits per heavy atom. The minimum absolute atomic E-state index is 0.297. The highest BCUT2D eigenvalue weighted by Gasteiger charge is 2.08. The summed E-state index contributed by atoms with van der Waals surface area (Å²) in [5.41, 5.74) is 5.88. The number of aryl methyl sites for hydroxylation is 1. The van der Waals surface area contributed by atoms with Gasteiger partial charge in [-0.2, -0.15) is 0 Å². The van der Waals surface area contributed by atoms with Gasteiger partial charge >= 0.3 is 0 Å². The van der Waals surface area contributed by atoms with E-state index in [9.17, 15) is 4.39 Å². The molecule has 2 heteroatoms. The average Bonchev–Trinajstić information content (AvgIpc) is 2.53. The van der Waals surface area contributed by atoms with Gasteiger partial charge in [0.05, 0.1) is 11.7 Å². The molecule has 0 amide bonds. The zero-order valence-electron chi connectivity index (χ0n) is 13.2. The summed E-state index contributed by atoms with van der Waals surface area (Å²) in [6.07, 6.45) is 2.28. The highest BCUT2D eigenvalue weighted by Crippen LogP contribution is 2.28. The largest absolute Gasteiger partial charge is 0.253 e. The van der Waals surface area contributed by atoms with E-state index < -0.39 is 0 Å². The SMILES string of the molecule is CCc1cc(-c2ccc3ncc(F)cc3c2)ccc1C(C)C. The lowest BCUT2D eigenvalue weighted by molar-refractivity contribution is 0.624. The zero-order valence-corrected chi connectivity index (χ0v) is 13.2. The Labute approximate surface area is 130 Å². The summed E-state index contributed by atoms with van der Waals surface area (Å²) in [7, 11) is 0. The van der Waals surface area contributed by atoms with Crippen molar-refractivity contribution in [1.82, 2.24) is 4.98 Å². The Bertz CT molecular complexity index is 821. The predicted octanol–water partition coefficient (Wildman–Crippen LogP) is 5.73. The fourth-order valence-corrected chi connectivity index (χ4v) is 2.94. The van der Waals surface area contributed by atoms with Gasteiger partial charge in [0.1, 0.15) is 5.82 Å². The minimum Gasteiger partial charge on any atom is -0.253 e. The second-order valence-corrected chi connectivity index (χ2v) is 5.98. The molecule has 0 radical (unpaired) electrons. The number of pyridine rings is 1. The summed E-state index contributed by atoms with van der Waals surface area (Å²) in [5.74, 6) is 0.230. The van der Waals surface area contributed by atoms with Crippen LogP contribution in [-0.4, -0.2) is 4.98 Å². The van der Waals surface area contributed by atoms with Crippen molar-refractivity contribution < 1.29 is 4.39 Å². The van der Waals surface area contributed by atoms with Crippen LogP contribution in [0.15, 0.2) is 48.7 Å². The molecule has 0 N–H and O–H groups in total. The number of halogens is 1. The van der Waals surface area contributed by atoms with E-state index in [1.807, 2.05) is 12.1 Å². The van der Waals surface area contributed by atoms with Gasteiger partial charge in [-0.25, -0.2) is 4.39 Å². The van der Waals surface area contributed by atoms with Gasteiger partial charge < -0.3 is 0 Å². The molecule has 3 aromatic rings. The van der Waals surface area contributed by atoms with Gasteiger partial charge in [-0.05, 0) is 52.8 Å². The summed E-state index contributed by atoms with van der Waals surface area (Å²) in [6, 6.07) is 14.2. The summed E-state index contributed by atoms with van der Waals surface area (Å²) in [6.45, 7) is 6.63. The Morgan fingerprint density at radius 2 is 1.73 bits per heavy atom. The lowest BCUT2D eigenvalue weighted by Crippen LogP contribution is -1.95. The van der Waals surface area contributed by atoms with Gasteiger partial charge in [0.25, 0.3) is 0 Å². The molecule has 0 aliphatic heterocycles. The smallest absolute Gasteiger partial charge is 0.142 e. The topological polar surface area (TPSA) is 12.9 Å². The molecule has 1 aromatic heterocycles. The third-order valence-electron chi connectivity index (χ3n) is 4.13. The van der Waals surface area contributed by atoms with Crippen molar-refractivity contribution >= 4 is 10.9 Å². The number of benzene rings is 2. The van der Waals surface area contributed by atoms with Crippen LogP contribution < -0.4 is 0 Å². The van der Waals surface area contributed by atoms with Crippen LogP contribution >= 0.6 is 0 Å². The molecule has 1 nitrogen and oxygen atoms in total. The van der Waals surface area contributed by atoms with E-state index in [-0.39, 0.29) is 5.82 Å². The van der Waals surface area contributed by atoms with Gasteiger partial charge in [-0.1, -0.05) is 45.0 Å². The van der Waals surface area contributed by atoms with Crippen molar-refractivity contribution in [3.63, 3.8) is 0 Å². The summed E-state index contributed by atoms with van der Waals surface area (Å²) in [5, 5.41) is 0.837. The van der Waals surface area contributed by atoms with Crippen LogP contribution in [0.3, 0.4) is 0 Å². The molecule has 0 fully saturated rings. The summed E-state index contributed by atoms with van der Waals surface area (Å²) in [4.78, 5) is 4.11. The van der Waals surface area contributed by atoms with Crippen LogP contribution in [0.2, 0.25) is 0 Å². The lowest BCUT2D eigenvalue weighted by atomic mass is 9.92. The second-order valence-electron chi connectivity index (χ2n) is 5.98. The third kappa shape index (κ3) is 2.74. The maximum absolute atomic E-state index is 13.4. The molecular weight excluding hydrogens is 273 g/mol. The van der Waals surface area contributed by atoms with Gasteiger partial charge in [0.2, 0.25) is 0 Å². The van der Waals surface area contributed by atoms with Crippen LogP contribution in [-0.2, 0) is 6.42 Å². The molecule has 0 saturated carbocycles. The zero-order chi connectivity index (χ0) is 15.7. The fourth-order valence-electron chi connectivity index (χ4n) is 2.94. The molecule has 1 heterocycles. The minimum atomic E-state index is -0.297. The number of aromatic nitrogens is 1. The fraction of sp³-hybridized carbons (Fsp3) is 0.250. The van der Waals surface area contributed by atoms with E-state index in [2.05, 4.69) is 50.0 Å². The van der Waals surface area contributed by atoms with Crippen LogP contribution in [0.25, 0.3) is 22.0 Å². The number of hydrogen-bond acceptors (Lipinski definition) is 1. The standard InChI is InChI=1S/C20H20FN/c1-4-14-9-15(5-7-19(14)13(2)3)16-6-8-20-17(10-16)11-18(21)12-22-20/h5-13H,4H2,1-3H3. The summed E-state index contributed by atoms with van der Waals surface area (Å²) < 4.78 is 13.4. The van der Waals surface area contributed by atoms with Crippen molar-refractivity contribution in [3.8, 4) is 11.1 Å². The summed E-state index contributed by atoms with van der Waals surface area (Å²) >= 11 is 0. The maximum Gasteiger partial charge on any atom is 0.142 e. The van der Waals surface area contributed by atoms with Gasteiger partial charge in [-0.3, -0.25) is 4.98 Å². The van der Waals surface area contributed by atoms with Crippen molar-refractivity contribution in [2.24, 2.45) is 0 Å². The van der Waals surface area contributed by atoms with Crippen LogP contribution in [0, 0.1) is 5.82 Å². The van der Waals surface area contributed by atoms with E-state index >= 15 is 0 Å². The van der Waals surface area contributed by atoms with E-state index in [4.69, 9.17) is 0 Å². The van der Waals surface area contributed by atoms with E-state index in [1.54, 1.807) is 0 Å². The molecule has 2 aromatic carbocycles. The number of fused-ring (bicyclic) bond motifs is 1. The Hall–Kier alpha value is -2.22. The first-order chi connectivity index (χ1) is 10.6. The van der Waals surface area contributed by atoms with Crippen LogP contribution in [0.5, 0.6) is 0 Å². The van der Waals surface area contributed by atoms with E-state index in [0.29, 0.717) is 5.92 Å². The van der Waals surface area contributed by atoms with E-state index in [0.717, 1.165) is 22.9 Å². The Morgan fingerprint density at radius 1 is 1.00 bits per heavy atom. The quantitative estimate of drug-likeness (QED) is 0.601. The predicted molar refractivity (Wildman–Crippen MR) is 90.6 cm³/mol. The van der Waals surface area contributed by atoms with Crippen LogP contribution in [0.1, 0.15) is 37.8 Å².